The molecule has 0 aromatic rings. The van der Waals surface area contributed by atoms with Crippen LogP contribution in [0.3, 0.4) is 0 Å². The number of rotatable bonds is 16. The number of hydrogen-bond acceptors (Lipinski definition) is 7. The average Bonchev–Trinajstić information content (AvgIpc) is 2.70. The molecule has 0 aliphatic heterocycles. The molecule has 0 fully saturated rings. The molecule has 0 saturated heterocycles. The standard InChI is InChI=1S/C12H26O3.C6H14O3.C4H10O/c1-5-7-13-9-11(3)15-10-12(4)14-8-6-2;1-5(8)4-9-6(2)3-7;1-3-4-5-2/h11-12H,5-10H2,1-4H3;5-8H,3-4H2,1-2H3;3-4H2,1-2H3. The topological polar surface area (TPSA) is 86.6 Å². The van der Waals surface area contributed by atoms with Crippen molar-refractivity contribution in [2.45, 2.75) is 92.1 Å². The summed E-state index contributed by atoms with van der Waals surface area (Å²) in [5, 5.41) is 17.1. The van der Waals surface area contributed by atoms with Crippen molar-refractivity contribution in [3.05, 3.63) is 0 Å². The van der Waals surface area contributed by atoms with Crippen LogP contribution in [0, 0.1) is 0 Å². The number of methoxy groups -OCH3 is 1. The second-order valence-corrected chi connectivity index (χ2v) is 7.07. The van der Waals surface area contributed by atoms with Crippen molar-refractivity contribution in [1.82, 2.24) is 0 Å². The predicted octanol–water partition coefficient (Wildman–Crippen LogP) is 3.44. The van der Waals surface area contributed by atoms with Gasteiger partial charge in [0, 0.05) is 26.9 Å². The quantitative estimate of drug-likeness (QED) is 0.366. The molecule has 180 valence electrons. The van der Waals surface area contributed by atoms with Gasteiger partial charge in [-0.25, -0.2) is 0 Å². The number of aliphatic hydroxyl groups excluding tert-OH is 2. The van der Waals surface area contributed by atoms with Crippen LogP contribution in [0.25, 0.3) is 0 Å². The minimum absolute atomic E-state index is 0.00667. The smallest absolute Gasteiger partial charge is 0.0781 e. The van der Waals surface area contributed by atoms with Gasteiger partial charge < -0.3 is 33.9 Å². The Bertz CT molecular complexity index is 276. The molecule has 29 heavy (non-hydrogen) atoms. The van der Waals surface area contributed by atoms with Crippen molar-refractivity contribution in [2.75, 3.05) is 53.4 Å². The van der Waals surface area contributed by atoms with Crippen LogP contribution < -0.4 is 0 Å². The molecule has 7 heteroatoms. The van der Waals surface area contributed by atoms with Crippen molar-refractivity contribution >= 4 is 0 Å². The lowest BCUT2D eigenvalue weighted by atomic mass is 10.4. The molecule has 0 radical (unpaired) electrons. The van der Waals surface area contributed by atoms with E-state index in [1.807, 2.05) is 13.8 Å². The molecular weight excluding hydrogens is 376 g/mol. The molecule has 0 amide bonds. The molecule has 0 bridgehead atoms. The fourth-order valence-corrected chi connectivity index (χ4v) is 1.67. The normalized spacial score (nSPS) is 14.7. The molecule has 0 saturated carbocycles. The summed E-state index contributed by atoms with van der Waals surface area (Å²) in [6, 6.07) is 0. The maximum atomic E-state index is 8.69. The van der Waals surface area contributed by atoms with E-state index in [0.29, 0.717) is 19.8 Å². The van der Waals surface area contributed by atoms with E-state index in [9.17, 15) is 0 Å². The van der Waals surface area contributed by atoms with Crippen molar-refractivity contribution in [3.63, 3.8) is 0 Å². The van der Waals surface area contributed by atoms with Gasteiger partial charge in [0.2, 0.25) is 0 Å². The first-order chi connectivity index (χ1) is 13.8. The van der Waals surface area contributed by atoms with Crippen LogP contribution in [0.2, 0.25) is 0 Å². The Hall–Kier alpha value is -0.280. The lowest BCUT2D eigenvalue weighted by Gasteiger charge is -2.17. The average molecular weight is 427 g/mol. The number of ether oxygens (including phenoxy) is 5. The van der Waals surface area contributed by atoms with Crippen molar-refractivity contribution in [2.24, 2.45) is 0 Å². The zero-order chi connectivity index (χ0) is 22.9. The van der Waals surface area contributed by atoms with Crippen molar-refractivity contribution in [3.8, 4) is 0 Å². The largest absolute Gasteiger partial charge is 0.394 e. The van der Waals surface area contributed by atoms with Crippen LogP contribution in [-0.4, -0.2) is 88.0 Å². The summed E-state index contributed by atoms with van der Waals surface area (Å²) in [6.45, 7) is 17.9. The fraction of sp³-hybridized carbons (Fsp3) is 1.00. The highest BCUT2D eigenvalue weighted by Crippen LogP contribution is 1.98. The van der Waals surface area contributed by atoms with Crippen LogP contribution in [0.1, 0.15) is 67.7 Å². The Morgan fingerprint density at radius 1 is 0.655 bits per heavy atom. The molecule has 0 spiro atoms. The second-order valence-electron chi connectivity index (χ2n) is 7.07. The van der Waals surface area contributed by atoms with E-state index < -0.39 is 6.10 Å². The van der Waals surface area contributed by atoms with Gasteiger partial charge in [-0.3, -0.25) is 0 Å². The molecule has 0 aliphatic carbocycles. The molecule has 7 nitrogen and oxygen atoms in total. The molecule has 0 aliphatic rings. The van der Waals surface area contributed by atoms with E-state index >= 15 is 0 Å². The van der Waals surface area contributed by atoms with Crippen LogP contribution in [0.5, 0.6) is 0 Å². The first kappa shape index (κ1) is 33.4. The predicted molar refractivity (Wildman–Crippen MR) is 119 cm³/mol. The number of aliphatic hydroxyl groups is 2. The van der Waals surface area contributed by atoms with Crippen molar-refractivity contribution < 1.29 is 33.9 Å². The Morgan fingerprint density at radius 2 is 1.17 bits per heavy atom. The summed E-state index contributed by atoms with van der Waals surface area (Å²) in [7, 11) is 1.71. The minimum atomic E-state index is -0.445. The third kappa shape index (κ3) is 35.5. The third-order valence-corrected chi connectivity index (χ3v) is 3.21. The molecule has 0 aromatic carbocycles. The van der Waals surface area contributed by atoms with Crippen molar-refractivity contribution in [1.29, 1.82) is 0 Å². The highest BCUT2D eigenvalue weighted by Gasteiger charge is 2.06. The van der Waals surface area contributed by atoms with E-state index in [1.165, 1.54) is 0 Å². The molecule has 0 rings (SSSR count). The molecule has 0 heterocycles. The van der Waals surface area contributed by atoms with E-state index in [-0.39, 0.29) is 24.9 Å². The Morgan fingerprint density at radius 3 is 1.59 bits per heavy atom. The highest BCUT2D eigenvalue weighted by atomic mass is 16.6. The Kier molecular flexibility index (Phi) is 31.9. The molecule has 0 aromatic heterocycles. The first-order valence-electron chi connectivity index (χ1n) is 11.0. The molecular formula is C22H50O7. The van der Waals surface area contributed by atoms with E-state index in [1.54, 1.807) is 21.0 Å². The summed E-state index contributed by atoms with van der Waals surface area (Å²) in [5.41, 5.74) is 0. The summed E-state index contributed by atoms with van der Waals surface area (Å²) in [6.07, 6.45) is 2.96. The van der Waals surface area contributed by atoms with Gasteiger partial charge in [-0.15, -0.1) is 0 Å². The zero-order valence-electron chi connectivity index (χ0n) is 20.3. The minimum Gasteiger partial charge on any atom is -0.394 e. The third-order valence-electron chi connectivity index (χ3n) is 3.21. The second kappa shape index (κ2) is 27.7. The maximum Gasteiger partial charge on any atom is 0.0781 e. The number of hydrogen-bond donors (Lipinski definition) is 2. The highest BCUT2D eigenvalue weighted by molar-refractivity contribution is 4.52. The van der Waals surface area contributed by atoms with Gasteiger partial charge in [0.05, 0.1) is 50.8 Å². The fourth-order valence-electron chi connectivity index (χ4n) is 1.67. The van der Waals surface area contributed by atoms with Crippen LogP contribution in [0.15, 0.2) is 0 Å². The zero-order valence-corrected chi connectivity index (χ0v) is 20.3. The van der Waals surface area contributed by atoms with Gasteiger partial charge in [-0.2, -0.15) is 0 Å². The summed E-state index contributed by atoms with van der Waals surface area (Å²) < 4.78 is 26.1. The SMILES string of the molecule is CC(O)COC(C)CO.CCCOC.CCCOCC(C)OCC(C)OCCC. The monoisotopic (exact) mass is 426 g/mol. The lowest BCUT2D eigenvalue weighted by Crippen LogP contribution is -2.23. The Balaban J connectivity index is -0.000000407. The maximum absolute atomic E-state index is 8.69. The van der Waals surface area contributed by atoms with Gasteiger partial charge in [-0.1, -0.05) is 20.8 Å². The summed E-state index contributed by atoms with van der Waals surface area (Å²) >= 11 is 0. The summed E-state index contributed by atoms with van der Waals surface area (Å²) in [5.74, 6) is 0. The summed E-state index contributed by atoms with van der Waals surface area (Å²) in [4.78, 5) is 0. The first-order valence-corrected chi connectivity index (χ1v) is 11.0. The van der Waals surface area contributed by atoms with Crippen LogP contribution >= 0.6 is 0 Å². The van der Waals surface area contributed by atoms with Gasteiger partial charge >= 0.3 is 0 Å². The van der Waals surface area contributed by atoms with Gasteiger partial charge in [0.25, 0.3) is 0 Å². The van der Waals surface area contributed by atoms with Crippen LogP contribution in [0.4, 0.5) is 0 Å². The van der Waals surface area contributed by atoms with Gasteiger partial charge in [-0.05, 0) is 47.0 Å². The molecule has 4 unspecified atom stereocenters. The van der Waals surface area contributed by atoms with Gasteiger partial charge in [0.15, 0.2) is 0 Å². The van der Waals surface area contributed by atoms with Gasteiger partial charge in [0.1, 0.15) is 0 Å². The lowest BCUT2D eigenvalue weighted by molar-refractivity contribution is -0.0567. The molecule has 2 N–H and O–H groups in total. The van der Waals surface area contributed by atoms with E-state index in [0.717, 1.165) is 39.1 Å². The van der Waals surface area contributed by atoms with E-state index in [2.05, 4.69) is 20.8 Å². The molecule has 4 atom stereocenters. The Labute approximate surface area is 180 Å². The van der Waals surface area contributed by atoms with Crippen LogP contribution in [-0.2, 0) is 23.7 Å². The van der Waals surface area contributed by atoms with E-state index in [4.69, 9.17) is 33.9 Å².